The highest BCUT2D eigenvalue weighted by atomic mass is 32.1. The van der Waals surface area contributed by atoms with E-state index < -0.39 is 5.91 Å². The van der Waals surface area contributed by atoms with Crippen LogP contribution < -0.4 is 22.1 Å². The number of nitrogens with one attached hydrogen (secondary N) is 2. The Morgan fingerprint density at radius 3 is 2.50 bits per heavy atom. The van der Waals surface area contributed by atoms with E-state index in [2.05, 4.69) is 17.6 Å². The van der Waals surface area contributed by atoms with Gasteiger partial charge in [0.1, 0.15) is 9.88 Å². The average molecular weight is 298 g/mol. The number of primary amides is 1. The molecule has 112 valence electrons. The Kier molecular flexibility index (Phi) is 6.30. The molecule has 0 aliphatic rings. The Labute approximate surface area is 122 Å². The van der Waals surface area contributed by atoms with Crippen molar-refractivity contribution in [2.75, 3.05) is 24.1 Å². The van der Waals surface area contributed by atoms with E-state index in [9.17, 15) is 9.59 Å². The summed E-state index contributed by atoms with van der Waals surface area (Å²) in [5.74, 6) is -0.897. The lowest BCUT2D eigenvalue weighted by atomic mass is 10.2. The monoisotopic (exact) mass is 298 g/mol. The molecular formula is C13H22N4O2S. The highest BCUT2D eigenvalue weighted by Gasteiger charge is 2.23. The molecule has 1 aromatic heterocycles. The minimum absolute atomic E-state index is 0.159. The van der Waals surface area contributed by atoms with Gasteiger partial charge in [-0.05, 0) is 13.3 Å². The number of amides is 2. The maximum Gasteiger partial charge on any atom is 0.263 e. The van der Waals surface area contributed by atoms with Crippen LogP contribution in [0.3, 0.4) is 0 Å². The molecule has 0 spiro atoms. The van der Waals surface area contributed by atoms with E-state index in [1.54, 1.807) is 0 Å². The van der Waals surface area contributed by atoms with Crippen LogP contribution in [0.2, 0.25) is 0 Å². The van der Waals surface area contributed by atoms with Crippen LogP contribution >= 0.6 is 11.3 Å². The van der Waals surface area contributed by atoms with Crippen LogP contribution in [-0.4, -0.2) is 24.9 Å². The first-order valence-corrected chi connectivity index (χ1v) is 7.58. The van der Waals surface area contributed by atoms with Gasteiger partial charge in [0.05, 0.1) is 11.3 Å². The van der Waals surface area contributed by atoms with Crippen molar-refractivity contribution in [1.29, 1.82) is 0 Å². The maximum atomic E-state index is 11.9. The summed E-state index contributed by atoms with van der Waals surface area (Å²) in [5, 5.41) is 6.39. The molecule has 0 unspecified atom stereocenters. The molecule has 0 radical (unpaired) electrons. The highest BCUT2D eigenvalue weighted by Crippen LogP contribution is 2.35. The largest absolute Gasteiger partial charge is 0.397 e. The van der Waals surface area contributed by atoms with Gasteiger partial charge in [-0.15, -0.1) is 11.3 Å². The summed E-state index contributed by atoms with van der Waals surface area (Å²) in [6.45, 7) is 5.16. The Bertz CT molecular complexity index is 485. The molecular weight excluding hydrogens is 276 g/mol. The van der Waals surface area contributed by atoms with E-state index in [0.29, 0.717) is 16.4 Å². The van der Waals surface area contributed by atoms with Crippen molar-refractivity contribution < 1.29 is 9.59 Å². The minimum Gasteiger partial charge on any atom is -0.397 e. The van der Waals surface area contributed by atoms with Crippen LogP contribution in [0.5, 0.6) is 0 Å². The predicted octanol–water partition coefficient (Wildman–Crippen LogP) is 1.78. The minimum atomic E-state index is -0.618. The molecule has 0 aromatic carbocycles. The summed E-state index contributed by atoms with van der Waals surface area (Å²) in [6.07, 6.45) is 3.20. The fourth-order valence-corrected chi connectivity index (χ4v) is 2.87. The number of carbonyl (C=O) groups excluding carboxylic acids is 2. The fraction of sp³-hybridized carbons (Fsp3) is 0.538. The summed E-state index contributed by atoms with van der Waals surface area (Å²) >= 11 is 1.17. The van der Waals surface area contributed by atoms with E-state index in [1.165, 1.54) is 11.3 Å². The van der Waals surface area contributed by atoms with E-state index in [1.807, 2.05) is 6.92 Å². The number of rotatable bonds is 8. The molecule has 1 aromatic rings. The van der Waals surface area contributed by atoms with Crippen LogP contribution in [0.15, 0.2) is 0 Å². The Morgan fingerprint density at radius 2 is 1.95 bits per heavy atom. The standard InChI is InChI=1S/C13H22N4O2S/c1-3-5-6-7-17-13-8(11(15)18)9(14)10(20-13)12(19)16-4-2/h17H,3-7,14H2,1-2H3,(H2,15,18)(H,16,19). The quantitative estimate of drug-likeness (QED) is 0.548. The maximum absolute atomic E-state index is 11.9. The van der Waals surface area contributed by atoms with Gasteiger partial charge in [0.25, 0.3) is 11.8 Å². The van der Waals surface area contributed by atoms with Crippen molar-refractivity contribution in [1.82, 2.24) is 5.32 Å². The Balaban J connectivity index is 2.94. The molecule has 0 saturated carbocycles. The lowest BCUT2D eigenvalue weighted by molar-refractivity contribution is 0.0960. The van der Waals surface area contributed by atoms with Gasteiger partial charge in [-0.25, -0.2) is 0 Å². The highest BCUT2D eigenvalue weighted by molar-refractivity contribution is 7.19. The predicted molar refractivity (Wildman–Crippen MR) is 83.3 cm³/mol. The second-order valence-corrected chi connectivity index (χ2v) is 5.43. The molecule has 20 heavy (non-hydrogen) atoms. The number of nitrogen functional groups attached to an aromatic ring is 1. The molecule has 6 nitrogen and oxygen atoms in total. The summed E-state index contributed by atoms with van der Waals surface area (Å²) in [7, 11) is 0. The average Bonchev–Trinajstić information content (AvgIpc) is 2.72. The number of unbranched alkanes of at least 4 members (excludes halogenated alkanes) is 2. The van der Waals surface area contributed by atoms with Gasteiger partial charge in [-0.3, -0.25) is 9.59 Å². The van der Waals surface area contributed by atoms with Crippen molar-refractivity contribution in [2.45, 2.75) is 33.1 Å². The zero-order valence-electron chi connectivity index (χ0n) is 11.9. The lowest BCUT2D eigenvalue weighted by Gasteiger charge is -2.05. The number of anilines is 2. The molecule has 1 rings (SSSR count). The van der Waals surface area contributed by atoms with E-state index in [-0.39, 0.29) is 17.2 Å². The van der Waals surface area contributed by atoms with E-state index in [4.69, 9.17) is 11.5 Å². The second-order valence-electron chi connectivity index (χ2n) is 4.41. The van der Waals surface area contributed by atoms with Gasteiger partial charge >= 0.3 is 0 Å². The van der Waals surface area contributed by atoms with Gasteiger partial charge < -0.3 is 22.1 Å². The number of carbonyl (C=O) groups is 2. The topological polar surface area (TPSA) is 110 Å². The van der Waals surface area contributed by atoms with Crippen LogP contribution in [0.4, 0.5) is 10.7 Å². The van der Waals surface area contributed by atoms with Gasteiger partial charge in [0.2, 0.25) is 0 Å². The first kappa shape index (κ1) is 16.3. The molecule has 0 aliphatic heterocycles. The number of hydrogen-bond acceptors (Lipinski definition) is 5. The third-order valence-corrected chi connectivity index (χ3v) is 3.96. The molecule has 0 saturated heterocycles. The third-order valence-electron chi connectivity index (χ3n) is 2.80. The van der Waals surface area contributed by atoms with E-state index >= 15 is 0 Å². The summed E-state index contributed by atoms with van der Waals surface area (Å²) in [6, 6.07) is 0. The third kappa shape index (κ3) is 3.86. The summed E-state index contributed by atoms with van der Waals surface area (Å²) < 4.78 is 0. The number of hydrogen-bond donors (Lipinski definition) is 4. The Morgan fingerprint density at radius 1 is 1.25 bits per heavy atom. The van der Waals surface area contributed by atoms with Crippen molar-refractivity contribution in [3.63, 3.8) is 0 Å². The molecule has 0 aliphatic carbocycles. The first-order chi connectivity index (χ1) is 9.52. The fourth-order valence-electron chi connectivity index (χ4n) is 1.80. The molecule has 6 N–H and O–H groups in total. The second kappa shape index (κ2) is 7.74. The van der Waals surface area contributed by atoms with E-state index in [0.717, 1.165) is 25.8 Å². The van der Waals surface area contributed by atoms with Crippen molar-refractivity contribution in [3.05, 3.63) is 10.4 Å². The van der Waals surface area contributed by atoms with Crippen molar-refractivity contribution in [3.8, 4) is 0 Å². The zero-order chi connectivity index (χ0) is 15.1. The van der Waals surface area contributed by atoms with Crippen LogP contribution in [0.25, 0.3) is 0 Å². The van der Waals surface area contributed by atoms with Crippen LogP contribution in [-0.2, 0) is 0 Å². The number of nitrogens with two attached hydrogens (primary N) is 2. The molecule has 2 amide bonds. The normalized spacial score (nSPS) is 10.3. The Hall–Kier alpha value is -1.76. The zero-order valence-corrected chi connectivity index (χ0v) is 12.7. The first-order valence-electron chi connectivity index (χ1n) is 6.77. The SMILES string of the molecule is CCCCCNc1sc(C(=O)NCC)c(N)c1C(N)=O. The molecule has 7 heteroatoms. The van der Waals surface area contributed by atoms with Crippen LogP contribution in [0.1, 0.15) is 53.1 Å². The molecule has 1 heterocycles. The molecule has 0 fully saturated rings. The molecule has 0 bridgehead atoms. The van der Waals surface area contributed by atoms with Gasteiger partial charge in [0.15, 0.2) is 0 Å². The number of thiophene rings is 1. The van der Waals surface area contributed by atoms with Gasteiger partial charge in [-0.2, -0.15) is 0 Å². The van der Waals surface area contributed by atoms with Crippen molar-refractivity contribution >= 4 is 33.8 Å². The van der Waals surface area contributed by atoms with Gasteiger partial charge in [0, 0.05) is 13.1 Å². The lowest BCUT2D eigenvalue weighted by Crippen LogP contribution is -2.23. The van der Waals surface area contributed by atoms with Crippen LogP contribution in [0, 0.1) is 0 Å². The van der Waals surface area contributed by atoms with Gasteiger partial charge in [-0.1, -0.05) is 19.8 Å². The smallest absolute Gasteiger partial charge is 0.263 e. The molecule has 0 atom stereocenters. The van der Waals surface area contributed by atoms with Crippen molar-refractivity contribution in [2.24, 2.45) is 5.73 Å². The summed E-state index contributed by atoms with van der Waals surface area (Å²) in [4.78, 5) is 23.7. The summed E-state index contributed by atoms with van der Waals surface area (Å²) in [5.41, 5.74) is 11.6.